The van der Waals surface area contributed by atoms with E-state index in [1.54, 1.807) is 7.05 Å². The second-order valence-electron chi connectivity index (χ2n) is 3.71. The van der Waals surface area contributed by atoms with Gasteiger partial charge in [0.15, 0.2) is 0 Å². The first-order chi connectivity index (χ1) is 6.74. The summed E-state index contributed by atoms with van der Waals surface area (Å²) < 4.78 is 10.7. The van der Waals surface area contributed by atoms with Crippen LogP contribution in [0.5, 0.6) is 0 Å². The van der Waals surface area contributed by atoms with Crippen LogP contribution in [0.15, 0.2) is 4.52 Å². The number of ether oxygens (including phenoxy) is 1. The topological polar surface area (TPSA) is 60.2 Å². The van der Waals surface area contributed by atoms with Gasteiger partial charge in [0, 0.05) is 13.7 Å². The van der Waals surface area contributed by atoms with Crippen molar-refractivity contribution in [2.24, 2.45) is 0 Å². The van der Waals surface area contributed by atoms with Gasteiger partial charge >= 0.3 is 6.01 Å². The van der Waals surface area contributed by atoms with E-state index < -0.39 is 0 Å². The van der Waals surface area contributed by atoms with Crippen molar-refractivity contribution in [1.82, 2.24) is 10.1 Å². The van der Waals surface area contributed by atoms with Gasteiger partial charge in [-0.05, 0) is 26.2 Å². The Kier molecular flexibility index (Phi) is 2.41. The molecule has 1 aromatic rings. The summed E-state index contributed by atoms with van der Waals surface area (Å²) in [5, 5.41) is 6.72. The lowest BCUT2D eigenvalue weighted by molar-refractivity contribution is -0.0770. The Balaban J connectivity index is 2.19. The fourth-order valence-corrected chi connectivity index (χ4v) is 1.65. The Morgan fingerprint density at radius 2 is 2.29 bits per heavy atom. The zero-order valence-corrected chi connectivity index (χ0v) is 8.54. The van der Waals surface area contributed by atoms with Crippen LogP contribution in [-0.4, -0.2) is 23.8 Å². The molecule has 0 bridgehead atoms. The molecule has 1 unspecified atom stereocenters. The average Bonchev–Trinajstić information content (AvgIpc) is 2.67. The van der Waals surface area contributed by atoms with Gasteiger partial charge in [-0.25, -0.2) is 0 Å². The lowest BCUT2D eigenvalue weighted by Crippen LogP contribution is -2.31. The number of aromatic nitrogens is 2. The summed E-state index contributed by atoms with van der Waals surface area (Å²) in [4.78, 5) is 4.21. The van der Waals surface area contributed by atoms with Crippen molar-refractivity contribution in [2.45, 2.75) is 31.8 Å². The van der Waals surface area contributed by atoms with E-state index in [-0.39, 0.29) is 5.60 Å². The van der Waals surface area contributed by atoms with Gasteiger partial charge in [-0.3, -0.25) is 0 Å². The first kappa shape index (κ1) is 9.45. The van der Waals surface area contributed by atoms with Crippen LogP contribution in [0.1, 0.15) is 32.0 Å². The van der Waals surface area contributed by atoms with Gasteiger partial charge in [0.2, 0.25) is 5.82 Å². The summed E-state index contributed by atoms with van der Waals surface area (Å²) in [6.07, 6.45) is 3.22. The SMILES string of the molecule is CNc1nc(C2(C)CCCCO2)no1. The smallest absolute Gasteiger partial charge is 0.321 e. The van der Waals surface area contributed by atoms with E-state index >= 15 is 0 Å². The van der Waals surface area contributed by atoms with Crippen LogP contribution in [0, 0.1) is 0 Å². The lowest BCUT2D eigenvalue weighted by Gasteiger charge is -2.30. The molecule has 0 amide bonds. The Bertz CT molecular complexity index is 305. The summed E-state index contributed by atoms with van der Waals surface area (Å²) >= 11 is 0. The van der Waals surface area contributed by atoms with Gasteiger partial charge in [-0.1, -0.05) is 5.16 Å². The molecule has 5 heteroatoms. The third-order valence-corrected chi connectivity index (χ3v) is 2.58. The highest BCUT2D eigenvalue weighted by Gasteiger charge is 2.34. The van der Waals surface area contributed by atoms with E-state index in [0.717, 1.165) is 25.9 Å². The molecule has 0 aromatic carbocycles. The second kappa shape index (κ2) is 3.57. The standard InChI is InChI=1S/C9H15N3O2/c1-9(5-3-4-6-13-9)7-11-8(10-2)14-12-7/h3-6H2,1-2H3,(H,10,11,12). The van der Waals surface area contributed by atoms with Crippen LogP contribution in [0.2, 0.25) is 0 Å². The molecule has 1 atom stereocenters. The molecule has 2 heterocycles. The number of rotatable bonds is 2. The van der Waals surface area contributed by atoms with Crippen molar-refractivity contribution >= 4 is 6.01 Å². The fraction of sp³-hybridized carbons (Fsp3) is 0.778. The van der Waals surface area contributed by atoms with Crippen LogP contribution in [0.4, 0.5) is 6.01 Å². The minimum Gasteiger partial charge on any atom is -0.367 e. The van der Waals surface area contributed by atoms with Crippen molar-refractivity contribution in [1.29, 1.82) is 0 Å². The van der Waals surface area contributed by atoms with E-state index in [4.69, 9.17) is 9.26 Å². The van der Waals surface area contributed by atoms with Gasteiger partial charge in [-0.2, -0.15) is 4.98 Å². The Hall–Kier alpha value is -1.10. The van der Waals surface area contributed by atoms with Gasteiger partial charge in [0.25, 0.3) is 0 Å². The highest BCUT2D eigenvalue weighted by atomic mass is 16.5. The molecule has 0 saturated carbocycles. The summed E-state index contributed by atoms with van der Waals surface area (Å²) in [6, 6.07) is 0.440. The molecule has 78 valence electrons. The highest BCUT2D eigenvalue weighted by molar-refractivity contribution is 5.18. The Morgan fingerprint density at radius 1 is 1.43 bits per heavy atom. The summed E-state index contributed by atoms with van der Waals surface area (Å²) in [5.74, 6) is 0.640. The fourth-order valence-electron chi connectivity index (χ4n) is 1.65. The monoisotopic (exact) mass is 197 g/mol. The van der Waals surface area contributed by atoms with Crippen LogP contribution in [0.25, 0.3) is 0 Å². The molecule has 2 rings (SSSR count). The van der Waals surface area contributed by atoms with E-state index in [2.05, 4.69) is 15.5 Å². The maximum absolute atomic E-state index is 5.70. The summed E-state index contributed by atoms with van der Waals surface area (Å²) in [6.45, 7) is 2.79. The Morgan fingerprint density at radius 3 is 2.86 bits per heavy atom. The van der Waals surface area contributed by atoms with E-state index in [0.29, 0.717) is 11.8 Å². The van der Waals surface area contributed by atoms with Crippen LogP contribution in [0.3, 0.4) is 0 Å². The van der Waals surface area contributed by atoms with Crippen LogP contribution >= 0.6 is 0 Å². The van der Waals surface area contributed by atoms with E-state index in [1.165, 1.54) is 0 Å². The molecule has 0 radical (unpaired) electrons. The molecule has 1 saturated heterocycles. The normalized spacial score (nSPS) is 27.6. The minimum atomic E-state index is -0.364. The summed E-state index contributed by atoms with van der Waals surface area (Å²) in [5.41, 5.74) is -0.364. The average molecular weight is 197 g/mol. The van der Waals surface area contributed by atoms with E-state index in [1.807, 2.05) is 6.92 Å². The number of nitrogens with zero attached hydrogens (tertiary/aromatic N) is 2. The second-order valence-corrected chi connectivity index (χ2v) is 3.71. The first-order valence-electron chi connectivity index (χ1n) is 4.90. The molecule has 0 aliphatic carbocycles. The largest absolute Gasteiger partial charge is 0.367 e. The molecule has 0 spiro atoms. The van der Waals surface area contributed by atoms with E-state index in [9.17, 15) is 0 Å². The molecule has 1 N–H and O–H groups in total. The van der Waals surface area contributed by atoms with Gasteiger partial charge < -0.3 is 14.6 Å². The highest BCUT2D eigenvalue weighted by Crippen LogP contribution is 2.32. The lowest BCUT2D eigenvalue weighted by atomic mass is 9.95. The van der Waals surface area contributed by atoms with Crippen LogP contribution < -0.4 is 5.32 Å². The zero-order valence-electron chi connectivity index (χ0n) is 8.54. The van der Waals surface area contributed by atoms with Crippen molar-refractivity contribution < 1.29 is 9.26 Å². The van der Waals surface area contributed by atoms with Gasteiger partial charge in [-0.15, -0.1) is 0 Å². The molecular weight excluding hydrogens is 182 g/mol. The number of nitrogens with one attached hydrogen (secondary N) is 1. The van der Waals surface area contributed by atoms with Crippen molar-refractivity contribution in [3.05, 3.63) is 5.82 Å². The molecule has 1 aromatic heterocycles. The molecule has 1 fully saturated rings. The third kappa shape index (κ3) is 1.59. The number of hydrogen-bond donors (Lipinski definition) is 1. The minimum absolute atomic E-state index is 0.364. The molecule has 1 aliphatic heterocycles. The molecule has 5 nitrogen and oxygen atoms in total. The predicted molar refractivity (Wildman–Crippen MR) is 51.0 cm³/mol. The zero-order chi connectivity index (χ0) is 10.0. The van der Waals surface area contributed by atoms with Crippen molar-refractivity contribution in [2.75, 3.05) is 19.0 Å². The third-order valence-electron chi connectivity index (χ3n) is 2.58. The Labute approximate surface area is 82.8 Å². The van der Waals surface area contributed by atoms with Crippen molar-refractivity contribution in [3.63, 3.8) is 0 Å². The first-order valence-corrected chi connectivity index (χ1v) is 4.90. The number of hydrogen-bond acceptors (Lipinski definition) is 5. The number of anilines is 1. The molecule has 1 aliphatic rings. The summed E-state index contributed by atoms with van der Waals surface area (Å²) in [7, 11) is 1.75. The maximum atomic E-state index is 5.70. The van der Waals surface area contributed by atoms with Gasteiger partial charge in [0.1, 0.15) is 5.60 Å². The predicted octanol–water partition coefficient (Wildman–Crippen LogP) is 1.53. The van der Waals surface area contributed by atoms with Gasteiger partial charge in [0.05, 0.1) is 0 Å². The molecule has 14 heavy (non-hydrogen) atoms. The van der Waals surface area contributed by atoms with Crippen molar-refractivity contribution in [3.8, 4) is 0 Å². The molecular formula is C9H15N3O2. The van der Waals surface area contributed by atoms with Crippen LogP contribution in [-0.2, 0) is 10.3 Å². The quantitative estimate of drug-likeness (QED) is 0.779. The maximum Gasteiger partial charge on any atom is 0.321 e.